The lowest BCUT2D eigenvalue weighted by Crippen LogP contribution is -2.25. The Morgan fingerprint density at radius 1 is 0.929 bits per heavy atom. The summed E-state index contributed by atoms with van der Waals surface area (Å²) in [5.41, 5.74) is 3.10. The zero-order valence-corrected chi connectivity index (χ0v) is 17.9. The molecule has 0 spiro atoms. The van der Waals surface area contributed by atoms with Gasteiger partial charge in [-0.2, -0.15) is 5.26 Å². The van der Waals surface area contributed by atoms with Gasteiger partial charge in [0.15, 0.2) is 0 Å². The fourth-order valence-corrected chi connectivity index (χ4v) is 5.68. The largest absolute Gasteiger partial charge is 0.193 e. The number of unbranched alkanes of at least 4 members (excludes halogenated alkanes) is 1. The molecule has 3 rings (SSSR count). The lowest BCUT2D eigenvalue weighted by molar-refractivity contribution is 0.157. The number of benzene rings is 1. The van der Waals surface area contributed by atoms with Gasteiger partial charge in [0.25, 0.3) is 0 Å². The van der Waals surface area contributed by atoms with E-state index in [1.54, 1.807) is 11.6 Å². The van der Waals surface area contributed by atoms with Crippen LogP contribution in [-0.4, -0.2) is 0 Å². The molecular weight excluding hydrogens is 338 g/mol. The summed E-state index contributed by atoms with van der Waals surface area (Å²) in [6.07, 6.45) is 21.3. The summed E-state index contributed by atoms with van der Waals surface area (Å²) in [5, 5.41) is 8.58. The van der Waals surface area contributed by atoms with E-state index >= 15 is 0 Å². The summed E-state index contributed by atoms with van der Waals surface area (Å²) in [7, 11) is 0. The Hall–Kier alpha value is -1.55. The Morgan fingerprint density at radius 3 is 2.18 bits per heavy atom. The van der Waals surface area contributed by atoms with E-state index in [9.17, 15) is 0 Å². The Balaban J connectivity index is 1.38. The topological polar surface area (TPSA) is 23.8 Å². The summed E-state index contributed by atoms with van der Waals surface area (Å²) in [6, 6.07) is 11.7. The van der Waals surface area contributed by atoms with Crippen LogP contribution in [0.5, 0.6) is 0 Å². The van der Waals surface area contributed by atoms with Crippen molar-refractivity contribution in [2.45, 2.75) is 96.3 Å². The molecule has 0 radical (unpaired) electrons. The number of rotatable bonds is 8. The second-order valence-corrected chi connectivity index (χ2v) is 9.35. The fourth-order valence-electron chi connectivity index (χ4n) is 5.68. The van der Waals surface area contributed by atoms with Gasteiger partial charge in [0.2, 0.25) is 0 Å². The Kier molecular flexibility index (Phi) is 8.66. The number of hydrogen-bond donors (Lipinski definition) is 0. The first kappa shape index (κ1) is 21.2. The standard InChI is InChI=1S/C27H39N/c1-2-3-7-22-9-13-24(14-10-22)26-17-19-27(20-18-26)25-15-11-23(12-16-25)8-5-4-6-21-28/h4,6,9-10,13-14,23,25-27H,2-3,5,7-8,11-12,15-20H2,1H3/t23-,25-,26-,27-. The first-order valence-corrected chi connectivity index (χ1v) is 11.9. The second kappa shape index (κ2) is 11.5. The molecule has 0 bridgehead atoms. The van der Waals surface area contributed by atoms with Crippen LogP contribution in [0.4, 0.5) is 0 Å². The molecule has 0 aliphatic heterocycles. The molecule has 0 saturated heterocycles. The fraction of sp³-hybridized carbons (Fsp3) is 0.667. The van der Waals surface area contributed by atoms with Gasteiger partial charge in [-0.15, -0.1) is 0 Å². The first-order valence-electron chi connectivity index (χ1n) is 11.9. The minimum Gasteiger partial charge on any atom is -0.193 e. The van der Waals surface area contributed by atoms with E-state index in [1.807, 2.05) is 6.08 Å². The molecule has 2 aliphatic rings. The molecule has 152 valence electrons. The molecule has 1 aromatic rings. The lowest BCUT2D eigenvalue weighted by atomic mass is 9.68. The van der Waals surface area contributed by atoms with Gasteiger partial charge in [-0.05, 0) is 99.0 Å². The van der Waals surface area contributed by atoms with Crippen molar-refractivity contribution in [2.75, 3.05) is 0 Å². The number of aryl methyl sites for hydroxylation is 1. The third-order valence-corrected chi connectivity index (χ3v) is 7.53. The summed E-state index contributed by atoms with van der Waals surface area (Å²) >= 11 is 0. The zero-order chi connectivity index (χ0) is 19.6. The van der Waals surface area contributed by atoms with E-state index in [-0.39, 0.29) is 0 Å². The molecule has 2 saturated carbocycles. The predicted molar refractivity (Wildman–Crippen MR) is 119 cm³/mol. The molecule has 2 fully saturated rings. The van der Waals surface area contributed by atoms with Crippen LogP contribution in [0.3, 0.4) is 0 Å². The SMILES string of the molecule is CCCCc1ccc([C@H]2CC[C@H]([C@H]3CC[C@H](CCC=CC#N)CC3)CC2)cc1. The quantitative estimate of drug-likeness (QED) is 0.421. The van der Waals surface area contributed by atoms with E-state index in [4.69, 9.17) is 5.26 Å². The maximum absolute atomic E-state index is 8.58. The van der Waals surface area contributed by atoms with Crippen molar-refractivity contribution < 1.29 is 0 Å². The molecule has 1 nitrogen and oxygen atoms in total. The highest BCUT2D eigenvalue weighted by Crippen LogP contribution is 2.44. The van der Waals surface area contributed by atoms with Crippen molar-refractivity contribution in [3.8, 4) is 6.07 Å². The van der Waals surface area contributed by atoms with Crippen LogP contribution in [0.15, 0.2) is 36.4 Å². The van der Waals surface area contributed by atoms with Crippen LogP contribution in [-0.2, 0) is 6.42 Å². The Morgan fingerprint density at radius 2 is 1.57 bits per heavy atom. The van der Waals surface area contributed by atoms with Gasteiger partial charge < -0.3 is 0 Å². The smallest absolute Gasteiger partial charge is 0.0908 e. The molecule has 0 N–H and O–H groups in total. The highest BCUT2D eigenvalue weighted by molar-refractivity contribution is 5.26. The van der Waals surface area contributed by atoms with Gasteiger partial charge in [0.05, 0.1) is 6.07 Å². The van der Waals surface area contributed by atoms with Gasteiger partial charge in [0, 0.05) is 6.08 Å². The molecule has 2 aliphatic carbocycles. The van der Waals surface area contributed by atoms with Gasteiger partial charge in [-0.3, -0.25) is 0 Å². The second-order valence-electron chi connectivity index (χ2n) is 9.35. The van der Waals surface area contributed by atoms with Crippen molar-refractivity contribution in [1.82, 2.24) is 0 Å². The van der Waals surface area contributed by atoms with E-state index in [0.29, 0.717) is 0 Å². The summed E-state index contributed by atoms with van der Waals surface area (Å²) in [4.78, 5) is 0. The minimum absolute atomic E-state index is 0.805. The summed E-state index contributed by atoms with van der Waals surface area (Å²) < 4.78 is 0. The molecule has 0 heterocycles. The molecule has 0 amide bonds. The van der Waals surface area contributed by atoms with Crippen molar-refractivity contribution in [3.05, 3.63) is 47.5 Å². The van der Waals surface area contributed by atoms with Crippen molar-refractivity contribution in [1.29, 1.82) is 5.26 Å². The first-order chi connectivity index (χ1) is 13.8. The number of nitriles is 1. The van der Waals surface area contributed by atoms with E-state index in [0.717, 1.165) is 30.1 Å². The van der Waals surface area contributed by atoms with E-state index in [2.05, 4.69) is 37.3 Å². The summed E-state index contributed by atoms with van der Waals surface area (Å²) in [6.45, 7) is 2.27. The van der Waals surface area contributed by atoms with Gasteiger partial charge in [-0.25, -0.2) is 0 Å². The average molecular weight is 378 g/mol. The predicted octanol–water partition coefficient (Wildman–Crippen LogP) is 7.97. The van der Waals surface area contributed by atoms with Crippen LogP contribution in [0, 0.1) is 29.1 Å². The monoisotopic (exact) mass is 377 g/mol. The number of hydrogen-bond acceptors (Lipinski definition) is 1. The van der Waals surface area contributed by atoms with Gasteiger partial charge in [-0.1, -0.05) is 56.5 Å². The van der Waals surface area contributed by atoms with Crippen molar-refractivity contribution in [3.63, 3.8) is 0 Å². The highest BCUT2D eigenvalue weighted by atomic mass is 14.4. The van der Waals surface area contributed by atoms with Crippen molar-refractivity contribution in [2.24, 2.45) is 17.8 Å². The third kappa shape index (κ3) is 6.23. The summed E-state index contributed by atoms with van der Waals surface area (Å²) in [5.74, 6) is 3.68. The van der Waals surface area contributed by atoms with E-state index < -0.39 is 0 Å². The van der Waals surface area contributed by atoms with Crippen molar-refractivity contribution >= 4 is 0 Å². The van der Waals surface area contributed by atoms with Crippen LogP contribution in [0.25, 0.3) is 0 Å². The normalized spacial score (nSPS) is 28.3. The van der Waals surface area contributed by atoms with Crippen LogP contribution < -0.4 is 0 Å². The molecule has 1 heteroatoms. The van der Waals surface area contributed by atoms with Gasteiger partial charge >= 0.3 is 0 Å². The minimum atomic E-state index is 0.805. The zero-order valence-electron chi connectivity index (χ0n) is 17.9. The maximum Gasteiger partial charge on any atom is 0.0908 e. The highest BCUT2D eigenvalue weighted by Gasteiger charge is 2.31. The molecule has 0 unspecified atom stereocenters. The van der Waals surface area contributed by atoms with Gasteiger partial charge in [0.1, 0.15) is 0 Å². The Bertz CT molecular complexity index is 619. The molecular formula is C27H39N. The maximum atomic E-state index is 8.58. The lowest BCUT2D eigenvalue weighted by Gasteiger charge is -2.38. The average Bonchev–Trinajstić information content (AvgIpc) is 2.76. The Labute approximate surface area is 173 Å². The molecule has 28 heavy (non-hydrogen) atoms. The van der Waals surface area contributed by atoms with E-state index in [1.165, 1.54) is 82.6 Å². The van der Waals surface area contributed by atoms with Crippen LogP contribution in [0.2, 0.25) is 0 Å². The third-order valence-electron chi connectivity index (χ3n) is 7.53. The van der Waals surface area contributed by atoms with Crippen LogP contribution in [0.1, 0.15) is 101 Å². The molecule has 0 atom stereocenters. The number of nitrogens with zero attached hydrogens (tertiary/aromatic N) is 1. The van der Waals surface area contributed by atoms with Crippen LogP contribution >= 0.6 is 0 Å². The molecule has 1 aromatic carbocycles. The number of allylic oxidation sites excluding steroid dienone is 2. The molecule has 0 aromatic heterocycles.